The van der Waals surface area contributed by atoms with Gasteiger partial charge in [0, 0.05) is 13.7 Å². The molecular weight excluding hydrogens is 168 g/mol. The van der Waals surface area contributed by atoms with Crippen LogP contribution in [0.25, 0.3) is 0 Å². The highest BCUT2D eigenvalue weighted by molar-refractivity contribution is 4.88. The van der Waals surface area contributed by atoms with Crippen LogP contribution in [0.1, 0.15) is 38.5 Å². The molecule has 0 radical (unpaired) electrons. The maximum absolute atomic E-state index is 10.1. The summed E-state index contributed by atoms with van der Waals surface area (Å²) in [5, 5.41) is 19.8. The molecule has 1 aliphatic carbocycles. The third-order valence-corrected chi connectivity index (χ3v) is 2.94. The lowest BCUT2D eigenvalue weighted by Gasteiger charge is -2.36. The van der Waals surface area contributed by atoms with Gasteiger partial charge >= 0.3 is 0 Å². The molecule has 1 atom stereocenters. The van der Waals surface area contributed by atoms with E-state index in [1.165, 1.54) is 6.42 Å². The van der Waals surface area contributed by atoms with Crippen molar-refractivity contribution in [2.45, 2.75) is 50.2 Å². The van der Waals surface area contributed by atoms with E-state index in [0.29, 0.717) is 13.0 Å². The zero-order chi connectivity index (χ0) is 9.73. The lowest BCUT2D eigenvalue weighted by molar-refractivity contribution is -0.104. The lowest BCUT2D eigenvalue weighted by atomic mass is 9.80. The summed E-state index contributed by atoms with van der Waals surface area (Å²) in [7, 11) is 1.61. The minimum atomic E-state index is -0.837. The second-order valence-corrected chi connectivity index (χ2v) is 3.96. The van der Waals surface area contributed by atoms with E-state index in [4.69, 9.17) is 4.74 Å². The molecule has 3 nitrogen and oxygen atoms in total. The Morgan fingerprint density at radius 3 is 2.46 bits per heavy atom. The third-order valence-electron chi connectivity index (χ3n) is 2.94. The second kappa shape index (κ2) is 4.94. The van der Waals surface area contributed by atoms with E-state index < -0.39 is 11.7 Å². The Kier molecular flexibility index (Phi) is 4.16. The van der Waals surface area contributed by atoms with E-state index in [-0.39, 0.29) is 0 Å². The van der Waals surface area contributed by atoms with Crippen molar-refractivity contribution in [3.63, 3.8) is 0 Å². The Morgan fingerprint density at radius 1 is 1.31 bits per heavy atom. The van der Waals surface area contributed by atoms with Gasteiger partial charge < -0.3 is 14.9 Å². The average molecular weight is 188 g/mol. The Hall–Kier alpha value is -0.120. The van der Waals surface area contributed by atoms with Gasteiger partial charge in [0.15, 0.2) is 0 Å². The highest BCUT2D eigenvalue weighted by Gasteiger charge is 2.36. The first-order valence-electron chi connectivity index (χ1n) is 5.08. The van der Waals surface area contributed by atoms with Gasteiger partial charge in [-0.15, -0.1) is 0 Å². The number of methoxy groups -OCH3 is 1. The number of aliphatic hydroxyl groups is 2. The molecule has 0 amide bonds. The van der Waals surface area contributed by atoms with Crippen LogP contribution >= 0.6 is 0 Å². The molecule has 0 spiro atoms. The van der Waals surface area contributed by atoms with Crippen molar-refractivity contribution in [1.29, 1.82) is 0 Å². The largest absolute Gasteiger partial charge is 0.390 e. The van der Waals surface area contributed by atoms with Crippen LogP contribution in [0.5, 0.6) is 0 Å². The molecule has 1 fully saturated rings. The molecule has 78 valence electrons. The molecule has 13 heavy (non-hydrogen) atoms. The van der Waals surface area contributed by atoms with Gasteiger partial charge in [0.25, 0.3) is 0 Å². The van der Waals surface area contributed by atoms with Crippen molar-refractivity contribution in [3.05, 3.63) is 0 Å². The summed E-state index contributed by atoms with van der Waals surface area (Å²) in [4.78, 5) is 0. The zero-order valence-electron chi connectivity index (χ0n) is 8.33. The van der Waals surface area contributed by atoms with Gasteiger partial charge in [-0.2, -0.15) is 0 Å². The molecule has 0 saturated heterocycles. The monoisotopic (exact) mass is 188 g/mol. The summed E-state index contributed by atoms with van der Waals surface area (Å²) in [6.45, 7) is 0.517. The second-order valence-electron chi connectivity index (χ2n) is 3.96. The fraction of sp³-hybridized carbons (Fsp3) is 1.00. The molecule has 1 rings (SSSR count). The summed E-state index contributed by atoms with van der Waals surface area (Å²) in [6.07, 6.45) is 4.62. The molecule has 0 aromatic heterocycles. The van der Waals surface area contributed by atoms with Crippen molar-refractivity contribution in [3.8, 4) is 0 Å². The molecule has 0 aliphatic heterocycles. The minimum absolute atomic E-state index is 0.517. The fourth-order valence-electron chi connectivity index (χ4n) is 2.00. The van der Waals surface area contributed by atoms with E-state index in [0.717, 1.165) is 25.7 Å². The highest BCUT2D eigenvalue weighted by atomic mass is 16.5. The Morgan fingerprint density at radius 2 is 1.92 bits per heavy atom. The van der Waals surface area contributed by atoms with Gasteiger partial charge in [0.1, 0.15) is 0 Å². The molecule has 0 heterocycles. The molecule has 1 unspecified atom stereocenters. The van der Waals surface area contributed by atoms with Crippen molar-refractivity contribution < 1.29 is 14.9 Å². The van der Waals surface area contributed by atoms with E-state index in [1.54, 1.807) is 7.11 Å². The van der Waals surface area contributed by atoms with Gasteiger partial charge in [0.05, 0.1) is 11.7 Å². The Bertz CT molecular complexity index is 141. The third kappa shape index (κ3) is 2.93. The first kappa shape index (κ1) is 11.0. The normalized spacial score (nSPS) is 24.2. The van der Waals surface area contributed by atoms with E-state index in [1.807, 2.05) is 0 Å². The number of hydrogen-bond donors (Lipinski definition) is 2. The van der Waals surface area contributed by atoms with Gasteiger partial charge in [-0.1, -0.05) is 19.3 Å². The van der Waals surface area contributed by atoms with E-state index in [2.05, 4.69) is 0 Å². The molecule has 1 aliphatic rings. The van der Waals surface area contributed by atoms with Crippen molar-refractivity contribution in [2.24, 2.45) is 0 Å². The predicted molar refractivity (Wildman–Crippen MR) is 50.5 cm³/mol. The van der Waals surface area contributed by atoms with Crippen LogP contribution in [0.3, 0.4) is 0 Å². The van der Waals surface area contributed by atoms with Crippen LogP contribution in [-0.4, -0.2) is 35.6 Å². The van der Waals surface area contributed by atoms with Crippen LogP contribution in [0.4, 0.5) is 0 Å². The molecule has 3 heteroatoms. The highest BCUT2D eigenvalue weighted by Crippen LogP contribution is 2.31. The number of hydrogen-bond acceptors (Lipinski definition) is 3. The SMILES string of the molecule is COCCC(O)C1(O)CCCCC1. The van der Waals surface area contributed by atoms with E-state index >= 15 is 0 Å². The summed E-state index contributed by atoms with van der Waals surface area (Å²) in [5.74, 6) is 0. The summed E-state index contributed by atoms with van der Waals surface area (Å²) in [5.41, 5.74) is -0.837. The molecule has 0 bridgehead atoms. The molecular formula is C10H20O3. The zero-order valence-corrected chi connectivity index (χ0v) is 8.33. The average Bonchev–Trinajstić information content (AvgIpc) is 2.15. The molecule has 2 N–H and O–H groups in total. The van der Waals surface area contributed by atoms with Crippen LogP contribution in [-0.2, 0) is 4.74 Å². The smallest absolute Gasteiger partial charge is 0.0906 e. The van der Waals surface area contributed by atoms with Crippen molar-refractivity contribution in [2.75, 3.05) is 13.7 Å². The lowest BCUT2D eigenvalue weighted by Crippen LogP contribution is -2.44. The first-order chi connectivity index (χ1) is 6.19. The first-order valence-corrected chi connectivity index (χ1v) is 5.08. The van der Waals surface area contributed by atoms with Crippen LogP contribution < -0.4 is 0 Å². The fourth-order valence-corrected chi connectivity index (χ4v) is 2.00. The molecule has 0 aromatic carbocycles. The predicted octanol–water partition coefficient (Wildman–Crippen LogP) is 1.08. The van der Waals surface area contributed by atoms with Crippen molar-refractivity contribution >= 4 is 0 Å². The maximum Gasteiger partial charge on any atom is 0.0906 e. The van der Waals surface area contributed by atoms with Gasteiger partial charge in [-0.05, 0) is 19.3 Å². The van der Waals surface area contributed by atoms with Crippen LogP contribution in [0.15, 0.2) is 0 Å². The Balaban J connectivity index is 2.37. The van der Waals surface area contributed by atoms with E-state index in [9.17, 15) is 10.2 Å². The Labute approximate surface area is 79.7 Å². The number of ether oxygens (including phenoxy) is 1. The summed E-state index contributed by atoms with van der Waals surface area (Å²) < 4.78 is 4.88. The minimum Gasteiger partial charge on any atom is -0.390 e. The molecule has 0 aromatic rings. The van der Waals surface area contributed by atoms with Gasteiger partial charge in [-0.3, -0.25) is 0 Å². The molecule has 1 saturated carbocycles. The maximum atomic E-state index is 10.1. The van der Waals surface area contributed by atoms with Crippen LogP contribution in [0, 0.1) is 0 Å². The topological polar surface area (TPSA) is 49.7 Å². The quantitative estimate of drug-likeness (QED) is 0.694. The number of aliphatic hydroxyl groups excluding tert-OH is 1. The van der Waals surface area contributed by atoms with Crippen molar-refractivity contribution in [1.82, 2.24) is 0 Å². The van der Waals surface area contributed by atoms with Crippen LogP contribution in [0.2, 0.25) is 0 Å². The standard InChI is InChI=1S/C10H20O3/c1-13-8-5-9(11)10(12)6-3-2-4-7-10/h9,11-12H,2-8H2,1H3. The summed E-state index contributed by atoms with van der Waals surface area (Å²) in [6, 6.07) is 0. The van der Waals surface area contributed by atoms with Gasteiger partial charge in [-0.25, -0.2) is 0 Å². The number of rotatable bonds is 4. The summed E-state index contributed by atoms with van der Waals surface area (Å²) >= 11 is 0. The van der Waals surface area contributed by atoms with Gasteiger partial charge in [0.2, 0.25) is 0 Å².